The predicted molar refractivity (Wildman–Crippen MR) is 63.4 cm³/mol. The van der Waals surface area contributed by atoms with E-state index in [4.69, 9.17) is 0 Å². The van der Waals surface area contributed by atoms with Gasteiger partial charge in [-0.15, -0.1) is 0 Å². The lowest BCUT2D eigenvalue weighted by molar-refractivity contribution is -0.140. The van der Waals surface area contributed by atoms with E-state index in [1.807, 2.05) is 6.07 Å². The Labute approximate surface area is 100 Å². The fraction of sp³-hybridized carbons (Fsp3) is 0.500. The first-order valence-electron chi connectivity index (χ1n) is 5.84. The van der Waals surface area contributed by atoms with E-state index in [0.29, 0.717) is 19.5 Å². The third-order valence-corrected chi connectivity index (χ3v) is 2.87. The minimum Gasteiger partial charge on any atom is -0.383 e. The number of nitrogens with zero attached hydrogens (tertiary/aromatic N) is 2. The van der Waals surface area contributed by atoms with Crippen LogP contribution in [0.3, 0.4) is 0 Å². The number of carbonyl (C=O) groups is 1. The number of pyridine rings is 1. The Bertz CT molecular complexity index is 363. The van der Waals surface area contributed by atoms with Crippen molar-refractivity contribution >= 4 is 5.91 Å². The van der Waals surface area contributed by atoms with E-state index < -0.39 is 6.10 Å². The van der Waals surface area contributed by atoms with Gasteiger partial charge in [-0.1, -0.05) is 6.07 Å². The first-order valence-corrected chi connectivity index (χ1v) is 5.84. The molecule has 1 aliphatic rings. The van der Waals surface area contributed by atoms with Gasteiger partial charge in [0.25, 0.3) is 5.91 Å². The molecule has 17 heavy (non-hydrogen) atoms. The molecule has 1 fully saturated rings. The van der Waals surface area contributed by atoms with Crippen LogP contribution in [0.2, 0.25) is 0 Å². The Morgan fingerprint density at radius 2 is 2.29 bits per heavy atom. The Balaban J connectivity index is 1.90. The molecule has 1 saturated heterocycles. The van der Waals surface area contributed by atoms with Gasteiger partial charge < -0.3 is 15.3 Å². The molecular formula is C12H17N3O2. The second kappa shape index (κ2) is 5.75. The Morgan fingerprint density at radius 3 is 2.94 bits per heavy atom. The fourth-order valence-electron chi connectivity index (χ4n) is 1.93. The smallest absolute Gasteiger partial charge is 0.251 e. The number of aliphatic hydroxyl groups is 1. The Morgan fingerprint density at radius 1 is 1.53 bits per heavy atom. The molecule has 5 nitrogen and oxygen atoms in total. The number of piperazine rings is 1. The molecule has 0 saturated carbocycles. The van der Waals surface area contributed by atoms with E-state index in [2.05, 4.69) is 10.3 Å². The minimum atomic E-state index is -0.961. The zero-order valence-corrected chi connectivity index (χ0v) is 9.67. The van der Waals surface area contributed by atoms with Gasteiger partial charge in [-0.05, 0) is 11.6 Å². The van der Waals surface area contributed by atoms with Crippen molar-refractivity contribution in [3.05, 3.63) is 30.1 Å². The maximum Gasteiger partial charge on any atom is 0.251 e. The van der Waals surface area contributed by atoms with E-state index in [-0.39, 0.29) is 5.91 Å². The minimum absolute atomic E-state index is 0.185. The number of aliphatic hydroxyl groups excluding tert-OH is 1. The summed E-state index contributed by atoms with van der Waals surface area (Å²) in [6.45, 7) is 2.93. The molecule has 1 unspecified atom stereocenters. The lowest BCUT2D eigenvalue weighted by Crippen LogP contribution is -2.50. The van der Waals surface area contributed by atoms with Crippen LogP contribution in [0.5, 0.6) is 0 Å². The molecule has 1 amide bonds. The van der Waals surface area contributed by atoms with E-state index in [0.717, 1.165) is 18.7 Å². The van der Waals surface area contributed by atoms with Gasteiger partial charge in [0.1, 0.15) is 6.10 Å². The summed E-state index contributed by atoms with van der Waals surface area (Å²) in [5.41, 5.74) is 0.878. The van der Waals surface area contributed by atoms with Crippen LogP contribution in [-0.2, 0) is 11.2 Å². The van der Waals surface area contributed by atoms with E-state index in [1.165, 1.54) is 0 Å². The zero-order valence-electron chi connectivity index (χ0n) is 9.67. The highest BCUT2D eigenvalue weighted by Crippen LogP contribution is 2.05. The molecular weight excluding hydrogens is 218 g/mol. The van der Waals surface area contributed by atoms with E-state index >= 15 is 0 Å². The van der Waals surface area contributed by atoms with Crippen molar-refractivity contribution in [3.63, 3.8) is 0 Å². The lowest BCUT2D eigenvalue weighted by Gasteiger charge is -2.29. The Hall–Kier alpha value is -1.46. The SMILES string of the molecule is O=C(C(O)Cc1cccnc1)N1CCNCC1. The van der Waals surface area contributed by atoms with Gasteiger partial charge in [0.2, 0.25) is 0 Å². The monoisotopic (exact) mass is 235 g/mol. The quantitative estimate of drug-likeness (QED) is 0.735. The predicted octanol–water partition coefficient (Wildman–Crippen LogP) is -0.583. The highest BCUT2D eigenvalue weighted by Gasteiger charge is 2.23. The molecule has 1 aromatic heterocycles. The molecule has 0 radical (unpaired) electrons. The highest BCUT2D eigenvalue weighted by molar-refractivity contribution is 5.81. The van der Waals surface area contributed by atoms with Crippen LogP contribution in [0.25, 0.3) is 0 Å². The number of aromatic nitrogens is 1. The molecule has 0 bridgehead atoms. The van der Waals surface area contributed by atoms with Crippen molar-refractivity contribution in [2.45, 2.75) is 12.5 Å². The third kappa shape index (κ3) is 3.25. The topological polar surface area (TPSA) is 65.5 Å². The zero-order chi connectivity index (χ0) is 12.1. The van der Waals surface area contributed by atoms with Gasteiger partial charge >= 0.3 is 0 Å². The maximum atomic E-state index is 11.9. The standard InChI is InChI=1S/C12H17N3O2/c16-11(8-10-2-1-3-14-9-10)12(17)15-6-4-13-5-7-15/h1-3,9,11,13,16H,4-8H2. The van der Waals surface area contributed by atoms with Crippen LogP contribution in [0.4, 0.5) is 0 Å². The van der Waals surface area contributed by atoms with Gasteiger partial charge in [-0.2, -0.15) is 0 Å². The highest BCUT2D eigenvalue weighted by atomic mass is 16.3. The molecule has 0 spiro atoms. The molecule has 5 heteroatoms. The van der Waals surface area contributed by atoms with Crippen LogP contribution in [-0.4, -0.2) is 53.2 Å². The number of hydrogen-bond donors (Lipinski definition) is 2. The normalized spacial score (nSPS) is 17.8. The summed E-state index contributed by atoms with van der Waals surface area (Å²) in [6, 6.07) is 3.67. The van der Waals surface area contributed by atoms with Crippen molar-refractivity contribution in [2.24, 2.45) is 0 Å². The van der Waals surface area contributed by atoms with E-state index in [9.17, 15) is 9.90 Å². The molecule has 2 N–H and O–H groups in total. The second-order valence-electron chi connectivity index (χ2n) is 4.16. The first-order chi connectivity index (χ1) is 8.27. The summed E-state index contributed by atoms with van der Waals surface area (Å²) in [7, 11) is 0. The van der Waals surface area contributed by atoms with Crippen LogP contribution in [0.15, 0.2) is 24.5 Å². The number of hydrogen-bond acceptors (Lipinski definition) is 4. The van der Waals surface area contributed by atoms with Crippen molar-refractivity contribution in [3.8, 4) is 0 Å². The molecule has 92 valence electrons. The van der Waals surface area contributed by atoms with Gasteiger partial charge in [0.05, 0.1) is 0 Å². The summed E-state index contributed by atoms with van der Waals surface area (Å²) in [6.07, 6.45) is 2.72. The van der Waals surface area contributed by atoms with Crippen molar-refractivity contribution < 1.29 is 9.90 Å². The van der Waals surface area contributed by atoms with Gasteiger partial charge in [0, 0.05) is 45.0 Å². The average molecular weight is 235 g/mol. The van der Waals surface area contributed by atoms with Crippen molar-refractivity contribution in [1.82, 2.24) is 15.2 Å². The average Bonchev–Trinajstić information content (AvgIpc) is 2.40. The summed E-state index contributed by atoms with van der Waals surface area (Å²) in [5.74, 6) is -0.185. The van der Waals surface area contributed by atoms with Crippen molar-refractivity contribution in [1.29, 1.82) is 0 Å². The van der Waals surface area contributed by atoms with Gasteiger partial charge in [-0.3, -0.25) is 9.78 Å². The Kier molecular flexibility index (Phi) is 4.06. The number of nitrogens with one attached hydrogen (secondary N) is 1. The third-order valence-electron chi connectivity index (χ3n) is 2.87. The molecule has 1 aromatic rings. The first kappa shape index (κ1) is 12.0. The van der Waals surface area contributed by atoms with Crippen LogP contribution in [0.1, 0.15) is 5.56 Å². The van der Waals surface area contributed by atoms with Crippen molar-refractivity contribution in [2.75, 3.05) is 26.2 Å². The number of carbonyl (C=O) groups excluding carboxylic acids is 1. The lowest BCUT2D eigenvalue weighted by atomic mass is 10.1. The van der Waals surface area contributed by atoms with Crippen LogP contribution < -0.4 is 5.32 Å². The van der Waals surface area contributed by atoms with E-state index in [1.54, 1.807) is 23.4 Å². The van der Waals surface area contributed by atoms with Gasteiger partial charge in [-0.25, -0.2) is 0 Å². The molecule has 2 rings (SSSR count). The maximum absolute atomic E-state index is 11.9. The van der Waals surface area contributed by atoms with Gasteiger partial charge in [0.15, 0.2) is 0 Å². The molecule has 0 aliphatic carbocycles. The van der Waals surface area contributed by atoms with Crippen LogP contribution >= 0.6 is 0 Å². The summed E-state index contributed by atoms with van der Waals surface area (Å²) in [4.78, 5) is 17.6. The van der Waals surface area contributed by atoms with Crippen LogP contribution in [0, 0.1) is 0 Å². The molecule has 2 heterocycles. The summed E-state index contributed by atoms with van der Waals surface area (Å²) < 4.78 is 0. The summed E-state index contributed by atoms with van der Waals surface area (Å²) >= 11 is 0. The fourth-order valence-corrected chi connectivity index (χ4v) is 1.93. The second-order valence-corrected chi connectivity index (χ2v) is 4.16. The number of amides is 1. The largest absolute Gasteiger partial charge is 0.383 e. The molecule has 0 aromatic carbocycles. The molecule has 1 atom stereocenters. The molecule has 1 aliphatic heterocycles. The number of rotatable bonds is 3. The summed E-state index contributed by atoms with van der Waals surface area (Å²) in [5, 5.41) is 13.1.